The van der Waals surface area contributed by atoms with Gasteiger partial charge < -0.3 is 20.1 Å². The highest BCUT2D eigenvalue weighted by molar-refractivity contribution is 5.50. The minimum atomic E-state index is 0.109. The number of methoxy groups -OCH3 is 1. The fourth-order valence-electron chi connectivity index (χ4n) is 1.52. The molecule has 0 aliphatic carbocycles. The summed E-state index contributed by atoms with van der Waals surface area (Å²) in [4.78, 5) is 9.89. The highest BCUT2D eigenvalue weighted by Crippen LogP contribution is 2.26. The van der Waals surface area contributed by atoms with Crippen molar-refractivity contribution in [3.05, 3.63) is 30.3 Å². The molecule has 6 nitrogen and oxygen atoms in total. The van der Waals surface area contributed by atoms with Crippen molar-refractivity contribution in [2.45, 2.75) is 0 Å². The van der Waals surface area contributed by atoms with Crippen LogP contribution in [0.15, 0.2) is 30.3 Å². The lowest BCUT2D eigenvalue weighted by Gasteiger charge is -2.13. The molecule has 0 bridgehead atoms. The molecule has 2 aromatic rings. The van der Waals surface area contributed by atoms with Crippen LogP contribution in [0, 0.1) is 0 Å². The van der Waals surface area contributed by atoms with Crippen molar-refractivity contribution >= 4 is 11.6 Å². The summed E-state index contributed by atoms with van der Waals surface area (Å²) in [7, 11) is 5.44. The van der Waals surface area contributed by atoms with Crippen LogP contribution in [0.3, 0.4) is 0 Å². The van der Waals surface area contributed by atoms with E-state index in [1.807, 2.05) is 43.3 Å². The molecule has 0 saturated heterocycles. The van der Waals surface area contributed by atoms with Crippen molar-refractivity contribution in [1.29, 1.82) is 0 Å². The van der Waals surface area contributed by atoms with E-state index in [0.717, 1.165) is 5.69 Å². The first-order valence-electron chi connectivity index (χ1n) is 5.72. The average molecular weight is 260 g/mol. The van der Waals surface area contributed by atoms with Gasteiger partial charge in [0.25, 0.3) is 0 Å². The van der Waals surface area contributed by atoms with Gasteiger partial charge in [-0.15, -0.1) is 0 Å². The van der Waals surface area contributed by atoms with Crippen LogP contribution in [0.25, 0.3) is 0 Å². The van der Waals surface area contributed by atoms with Crippen LogP contribution >= 0.6 is 0 Å². The first-order valence-corrected chi connectivity index (χ1v) is 5.72. The monoisotopic (exact) mass is 260 g/mol. The van der Waals surface area contributed by atoms with E-state index < -0.39 is 0 Å². The molecule has 1 heterocycles. The number of rotatable bonds is 4. The maximum Gasteiger partial charge on any atom is 0.227 e. The lowest BCUT2D eigenvalue weighted by Crippen LogP contribution is -2.08. The number of hydrogen-bond acceptors (Lipinski definition) is 6. The maximum atomic E-state index is 5.65. The molecular formula is C13H16N4O2. The Morgan fingerprint density at radius 2 is 1.84 bits per heavy atom. The standard InChI is InChI=1S/C13H16N4O2/c1-17(2)9-5-4-6-10(7-9)19-12-8-11(18-3)15-13(14)16-12/h4-8H,1-3H3,(H2,14,15,16). The normalized spacial score (nSPS) is 10.1. The fourth-order valence-corrected chi connectivity index (χ4v) is 1.52. The van der Waals surface area contributed by atoms with Gasteiger partial charge in [0, 0.05) is 25.8 Å². The van der Waals surface area contributed by atoms with E-state index in [1.54, 1.807) is 6.07 Å². The number of anilines is 2. The number of nitrogens with two attached hydrogens (primary N) is 1. The second-order valence-electron chi connectivity index (χ2n) is 4.10. The molecule has 6 heteroatoms. The molecule has 0 fully saturated rings. The van der Waals surface area contributed by atoms with Crippen molar-refractivity contribution in [2.75, 3.05) is 31.8 Å². The van der Waals surface area contributed by atoms with Crippen LogP contribution < -0.4 is 20.1 Å². The minimum absolute atomic E-state index is 0.109. The smallest absolute Gasteiger partial charge is 0.227 e. The predicted molar refractivity (Wildman–Crippen MR) is 73.8 cm³/mol. The lowest BCUT2D eigenvalue weighted by atomic mass is 10.3. The van der Waals surface area contributed by atoms with Crippen molar-refractivity contribution < 1.29 is 9.47 Å². The van der Waals surface area contributed by atoms with Crippen LogP contribution in [-0.4, -0.2) is 31.2 Å². The van der Waals surface area contributed by atoms with E-state index in [0.29, 0.717) is 17.5 Å². The Morgan fingerprint density at radius 1 is 1.11 bits per heavy atom. The Kier molecular flexibility index (Phi) is 3.70. The van der Waals surface area contributed by atoms with Crippen LogP contribution in [0.2, 0.25) is 0 Å². The van der Waals surface area contributed by atoms with Crippen molar-refractivity contribution in [1.82, 2.24) is 9.97 Å². The van der Waals surface area contributed by atoms with Crippen LogP contribution in [-0.2, 0) is 0 Å². The summed E-state index contributed by atoms with van der Waals surface area (Å²) >= 11 is 0. The predicted octanol–water partition coefficient (Wildman–Crippen LogP) is 1.93. The maximum absolute atomic E-state index is 5.65. The fraction of sp³-hybridized carbons (Fsp3) is 0.231. The topological polar surface area (TPSA) is 73.5 Å². The Hall–Kier alpha value is -2.50. The molecule has 0 aliphatic rings. The first-order chi connectivity index (χ1) is 9.08. The van der Waals surface area contributed by atoms with E-state index in [4.69, 9.17) is 15.2 Å². The van der Waals surface area contributed by atoms with Gasteiger partial charge in [0.05, 0.1) is 13.2 Å². The molecule has 1 aromatic carbocycles. The van der Waals surface area contributed by atoms with Crippen LogP contribution in [0.5, 0.6) is 17.5 Å². The van der Waals surface area contributed by atoms with E-state index in [2.05, 4.69) is 9.97 Å². The molecule has 1 aromatic heterocycles. The molecule has 2 rings (SSSR count). The van der Waals surface area contributed by atoms with Gasteiger partial charge >= 0.3 is 0 Å². The summed E-state index contributed by atoms with van der Waals surface area (Å²) in [5, 5.41) is 0. The average Bonchev–Trinajstić information content (AvgIpc) is 2.38. The Labute approximate surface area is 111 Å². The van der Waals surface area contributed by atoms with E-state index in [9.17, 15) is 0 Å². The highest BCUT2D eigenvalue weighted by Gasteiger charge is 2.06. The molecule has 0 spiro atoms. The molecule has 100 valence electrons. The van der Waals surface area contributed by atoms with Crippen molar-refractivity contribution in [3.8, 4) is 17.5 Å². The number of nitrogen functional groups attached to an aromatic ring is 1. The molecule has 0 saturated carbocycles. The molecule has 0 radical (unpaired) electrons. The summed E-state index contributed by atoms with van der Waals surface area (Å²) in [5.41, 5.74) is 6.61. The van der Waals surface area contributed by atoms with Gasteiger partial charge in [-0.1, -0.05) is 6.07 Å². The number of aromatic nitrogens is 2. The van der Waals surface area contributed by atoms with E-state index in [1.165, 1.54) is 7.11 Å². The van der Waals surface area contributed by atoms with Gasteiger partial charge in [0.1, 0.15) is 5.75 Å². The Balaban J connectivity index is 2.25. The zero-order chi connectivity index (χ0) is 13.8. The summed E-state index contributed by atoms with van der Waals surface area (Å²) < 4.78 is 10.7. The van der Waals surface area contributed by atoms with Gasteiger partial charge in [-0.05, 0) is 12.1 Å². The van der Waals surface area contributed by atoms with Crippen LogP contribution in [0.1, 0.15) is 0 Å². The summed E-state index contributed by atoms with van der Waals surface area (Å²) in [6.45, 7) is 0. The molecular weight excluding hydrogens is 244 g/mol. The molecule has 2 N–H and O–H groups in total. The van der Waals surface area contributed by atoms with Gasteiger partial charge in [-0.3, -0.25) is 0 Å². The van der Waals surface area contributed by atoms with Gasteiger partial charge in [-0.25, -0.2) is 0 Å². The SMILES string of the molecule is COc1cc(Oc2cccc(N(C)C)c2)nc(N)n1. The van der Waals surface area contributed by atoms with Crippen molar-refractivity contribution in [3.63, 3.8) is 0 Å². The Morgan fingerprint density at radius 3 is 2.53 bits per heavy atom. The third kappa shape index (κ3) is 3.25. The second-order valence-corrected chi connectivity index (χ2v) is 4.10. The molecule has 0 amide bonds. The number of nitrogens with zero attached hydrogens (tertiary/aromatic N) is 3. The minimum Gasteiger partial charge on any atom is -0.481 e. The third-order valence-corrected chi connectivity index (χ3v) is 2.46. The summed E-state index contributed by atoms with van der Waals surface area (Å²) in [6, 6.07) is 9.23. The second kappa shape index (κ2) is 5.43. The number of hydrogen-bond donors (Lipinski definition) is 1. The summed E-state index contributed by atoms with van der Waals surface area (Å²) in [6.07, 6.45) is 0. The molecule has 0 unspecified atom stereocenters. The Bertz CT molecular complexity index is 572. The van der Waals surface area contributed by atoms with Gasteiger partial charge in [0.15, 0.2) is 0 Å². The zero-order valence-electron chi connectivity index (χ0n) is 11.1. The molecule has 19 heavy (non-hydrogen) atoms. The third-order valence-electron chi connectivity index (χ3n) is 2.46. The number of ether oxygens (including phenoxy) is 2. The quantitative estimate of drug-likeness (QED) is 0.905. The number of benzene rings is 1. The van der Waals surface area contributed by atoms with E-state index >= 15 is 0 Å². The highest BCUT2D eigenvalue weighted by atomic mass is 16.5. The molecule has 0 atom stereocenters. The first kappa shape index (κ1) is 12.9. The van der Waals surface area contributed by atoms with Crippen molar-refractivity contribution in [2.24, 2.45) is 0 Å². The van der Waals surface area contributed by atoms with Crippen LogP contribution in [0.4, 0.5) is 11.6 Å². The largest absolute Gasteiger partial charge is 0.481 e. The van der Waals surface area contributed by atoms with E-state index in [-0.39, 0.29) is 5.95 Å². The summed E-state index contributed by atoms with van der Waals surface area (Å²) in [5.74, 6) is 1.50. The molecule has 0 aliphatic heterocycles. The van der Waals surface area contributed by atoms with Gasteiger partial charge in [-0.2, -0.15) is 9.97 Å². The zero-order valence-corrected chi connectivity index (χ0v) is 11.1. The lowest BCUT2D eigenvalue weighted by molar-refractivity contribution is 0.389. The van der Waals surface area contributed by atoms with Gasteiger partial charge in [0.2, 0.25) is 17.7 Å².